The third kappa shape index (κ3) is 2.08. The lowest BCUT2D eigenvalue weighted by Crippen LogP contribution is -1.97. The Balaban J connectivity index is 1.86. The minimum Gasteiger partial charge on any atom is -0.346 e. The third-order valence-electron chi connectivity index (χ3n) is 3.90. The summed E-state index contributed by atoms with van der Waals surface area (Å²) < 4.78 is 6.65. The molecular formula is C15H13N3O3. The Bertz CT molecular complexity index is 883. The van der Waals surface area contributed by atoms with Crippen LogP contribution in [0.1, 0.15) is 23.2 Å². The first kappa shape index (κ1) is 12.1. The Labute approximate surface area is 119 Å². The average molecular weight is 283 g/mol. The van der Waals surface area contributed by atoms with Crippen LogP contribution in [0.4, 0.5) is 0 Å². The van der Waals surface area contributed by atoms with Crippen molar-refractivity contribution in [3.8, 4) is 11.4 Å². The van der Waals surface area contributed by atoms with Crippen LogP contribution in [0.3, 0.4) is 0 Å². The highest BCUT2D eigenvalue weighted by Crippen LogP contribution is 2.33. The fraction of sp³-hybridized carbons (Fsp3) is 0.267. The van der Waals surface area contributed by atoms with Crippen molar-refractivity contribution >= 4 is 17.2 Å². The fourth-order valence-corrected chi connectivity index (χ4v) is 2.65. The van der Waals surface area contributed by atoms with Crippen molar-refractivity contribution in [2.45, 2.75) is 19.4 Å². The molecule has 0 radical (unpaired) electrons. The van der Waals surface area contributed by atoms with Crippen LogP contribution in [0.2, 0.25) is 0 Å². The van der Waals surface area contributed by atoms with Crippen LogP contribution in [-0.4, -0.2) is 21.0 Å². The third-order valence-corrected chi connectivity index (χ3v) is 3.90. The minimum atomic E-state index is -0.591. The SMILES string of the molecule is O=Cc1cn(CC2CC2)c2ccc(-c3noc(=O)[nH]3)cc12. The van der Waals surface area contributed by atoms with Gasteiger partial charge in [0.25, 0.3) is 0 Å². The maximum atomic E-state index is 11.3. The van der Waals surface area contributed by atoms with Crippen LogP contribution in [0, 0.1) is 5.92 Å². The molecule has 1 aliphatic rings. The van der Waals surface area contributed by atoms with Crippen molar-refractivity contribution in [3.05, 3.63) is 40.5 Å². The van der Waals surface area contributed by atoms with E-state index in [1.165, 1.54) is 12.8 Å². The van der Waals surface area contributed by atoms with Crippen molar-refractivity contribution in [3.63, 3.8) is 0 Å². The van der Waals surface area contributed by atoms with Crippen LogP contribution < -0.4 is 5.76 Å². The molecule has 4 rings (SSSR count). The second-order valence-electron chi connectivity index (χ2n) is 5.47. The molecule has 6 nitrogen and oxygen atoms in total. The van der Waals surface area contributed by atoms with E-state index in [1.54, 1.807) is 0 Å². The zero-order chi connectivity index (χ0) is 14.4. The van der Waals surface area contributed by atoms with Gasteiger partial charge in [-0.3, -0.25) is 14.3 Å². The predicted octanol–water partition coefficient (Wildman–Crippen LogP) is 2.21. The summed E-state index contributed by atoms with van der Waals surface area (Å²) in [5.41, 5.74) is 2.40. The smallest absolute Gasteiger partial charge is 0.346 e. The van der Waals surface area contributed by atoms with Gasteiger partial charge < -0.3 is 4.57 Å². The molecule has 106 valence electrons. The van der Waals surface area contributed by atoms with Gasteiger partial charge in [0.05, 0.1) is 0 Å². The standard InChI is InChI=1S/C15H13N3O3/c19-8-11-7-18(6-9-1-2-9)13-4-3-10(5-12(11)13)14-16-15(20)21-17-14/h3-5,7-9H,1-2,6H2,(H,16,17,20). The van der Waals surface area contributed by atoms with Crippen molar-refractivity contribution in [2.24, 2.45) is 5.92 Å². The maximum absolute atomic E-state index is 11.3. The number of fused-ring (bicyclic) bond motifs is 1. The number of hydrogen-bond donors (Lipinski definition) is 1. The summed E-state index contributed by atoms with van der Waals surface area (Å²) in [5, 5.41) is 4.54. The first-order chi connectivity index (χ1) is 10.2. The number of aromatic nitrogens is 3. The molecule has 21 heavy (non-hydrogen) atoms. The maximum Gasteiger partial charge on any atom is 0.439 e. The molecule has 1 saturated carbocycles. The van der Waals surface area contributed by atoms with E-state index in [1.807, 2.05) is 24.4 Å². The van der Waals surface area contributed by atoms with E-state index in [2.05, 4.69) is 19.2 Å². The van der Waals surface area contributed by atoms with Crippen molar-refractivity contribution in [1.29, 1.82) is 0 Å². The molecule has 1 aliphatic carbocycles. The van der Waals surface area contributed by atoms with Crippen LogP contribution >= 0.6 is 0 Å². The number of H-pyrrole nitrogens is 1. The largest absolute Gasteiger partial charge is 0.439 e. The van der Waals surface area contributed by atoms with E-state index >= 15 is 0 Å². The van der Waals surface area contributed by atoms with E-state index in [0.717, 1.165) is 35.2 Å². The number of carbonyl (C=O) groups is 1. The minimum absolute atomic E-state index is 0.369. The molecule has 0 saturated heterocycles. The van der Waals surface area contributed by atoms with E-state index in [4.69, 9.17) is 0 Å². The lowest BCUT2D eigenvalue weighted by atomic mass is 10.1. The van der Waals surface area contributed by atoms with Gasteiger partial charge in [-0.05, 0) is 37.0 Å². The molecule has 0 aliphatic heterocycles. The van der Waals surface area contributed by atoms with Crippen LogP contribution in [-0.2, 0) is 6.54 Å². The molecule has 0 unspecified atom stereocenters. The van der Waals surface area contributed by atoms with Gasteiger partial charge in [0, 0.05) is 34.8 Å². The molecule has 0 spiro atoms. The summed E-state index contributed by atoms with van der Waals surface area (Å²) in [6.45, 7) is 0.949. The van der Waals surface area contributed by atoms with E-state index in [0.29, 0.717) is 11.4 Å². The number of aldehydes is 1. The fourth-order valence-electron chi connectivity index (χ4n) is 2.65. The summed E-state index contributed by atoms with van der Waals surface area (Å²) >= 11 is 0. The molecule has 0 bridgehead atoms. The van der Waals surface area contributed by atoms with Crippen LogP contribution in [0.15, 0.2) is 33.7 Å². The van der Waals surface area contributed by atoms with Gasteiger partial charge in [0.2, 0.25) is 0 Å². The molecule has 1 aromatic carbocycles. The number of nitrogens with zero attached hydrogens (tertiary/aromatic N) is 2. The number of benzene rings is 1. The highest BCUT2D eigenvalue weighted by molar-refractivity contribution is 5.99. The molecule has 2 heterocycles. The highest BCUT2D eigenvalue weighted by Gasteiger charge is 2.23. The quantitative estimate of drug-likeness (QED) is 0.744. The summed E-state index contributed by atoms with van der Waals surface area (Å²) in [4.78, 5) is 24.8. The zero-order valence-corrected chi connectivity index (χ0v) is 11.2. The summed E-state index contributed by atoms with van der Waals surface area (Å²) in [5.74, 6) is 0.507. The normalized spacial score (nSPS) is 14.7. The lowest BCUT2D eigenvalue weighted by Gasteiger charge is -2.04. The van der Waals surface area contributed by atoms with Crippen LogP contribution in [0.5, 0.6) is 0 Å². The Morgan fingerprint density at radius 3 is 2.95 bits per heavy atom. The number of hydrogen-bond acceptors (Lipinski definition) is 4. The van der Waals surface area contributed by atoms with Crippen molar-refractivity contribution in [1.82, 2.24) is 14.7 Å². The number of aromatic amines is 1. The van der Waals surface area contributed by atoms with E-state index in [-0.39, 0.29) is 0 Å². The van der Waals surface area contributed by atoms with Gasteiger partial charge in [-0.15, -0.1) is 0 Å². The molecule has 1 N–H and O–H groups in total. The number of nitrogens with one attached hydrogen (secondary N) is 1. The Morgan fingerprint density at radius 2 is 2.29 bits per heavy atom. The van der Waals surface area contributed by atoms with Crippen LogP contribution in [0.25, 0.3) is 22.3 Å². The van der Waals surface area contributed by atoms with Gasteiger partial charge in [0.15, 0.2) is 12.1 Å². The summed E-state index contributed by atoms with van der Waals surface area (Å²) in [7, 11) is 0. The molecule has 2 aromatic heterocycles. The topological polar surface area (TPSA) is 80.9 Å². The molecule has 6 heteroatoms. The van der Waals surface area contributed by atoms with E-state index < -0.39 is 5.76 Å². The Morgan fingerprint density at radius 1 is 1.43 bits per heavy atom. The van der Waals surface area contributed by atoms with Gasteiger partial charge in [-0.1, -0.05) is 5.16 Å². The summed E-state index contributed by atoms with van der Waals surface area (Å²) in [6.07, 6.45) is 5.27. The second kappa shape index (κ2) is 4.44. The lowest BCUT2D eigenvalue weighted by molar-refractivity contribution is 0.112. The van der Waals surface area contributed by atoms with E-state index in [9.17, 15) is 9.59 Å². The molecular weight excluding hydrogens is 270 g/mol. The second-order valence-corrected chi connectivity index (χ2v) is 5.47. The van der Waals surface area contributed by atoms with Crippen molar-refractivity contribution in [2.75, 3.05) is 0 Å². The molecule has 0 atom stereocenters. The zero-order valence-electron chi connectivity index (χ0n) is 11.2. The highest BCUT2D eigenvalue weighted by atomic mass is 16.5. The summed E-state index contributed by atoms with van der Waals surface area (Å²) in [6, 6.07) is 5.68. The van der Waals surface area contributed by atoms with Gasteiger partial charge in [-0.2, -0.15) is 0 Å². The van der Waals surface area contributed by atoms with Gasteiger partial charge in [-0.25, -0.2) is 4.79 Å². The Kier molecular flexibility index (Phi) is 2.57. The Hall–Kier alpha value is -2.63. The molecule has 3 aromatic rings. The van der Waals surface area contributed by atoms with Gasteiger partial charge in [0.1, 0.15) is 0 Å². The predicted molar refractivity (Wildman–Crippen MR) is 76.2 cm³/mol. The molecule has 0 amide bonds. The first-order valence-electron chi connectivity index (χ1n) is 6.89. The number of carbonyl (C=O) groups excluding carboxylic acids is 1. The molecule has 1 fully saturated rings. The monoisotopic (exact) mass is 283 g/mol. The number of rotatable bonds is 4. The average Bonchev–Trinajstić information content (AvgIpc) is 3.09. The van der Waals surface area contributed by atoms with Crippen molar-refractivity contribution < 1.29 is 9.32 Å². The first-order valence-corrected chi connectivity index (χ1v) is 6.89. The van der Waals surface area contributed by atoms with Gasteiger partial charge >= 0.3 is 5.76 Å².